The number of aryl methyl sites for hydroxylation is 1. The summed E-state index contributed by atoms with van der Waals surface area (Å²) in [5.74, 6) is 0.228. The van der Waals surface area contributed by atoms with Crippen LogP contribution in [0.2, 0.25) is 0 Å². The van der Waals surface area contributed by atoms with E-state index in [4.69, 9.17) is 4.74 Å². The molecule has 0 saturated carbocycles. The van der Waals surface area contributed by atoms with Crippen LogP contribution in [-0.4, -0.2) is 26.7 Å². The second-order valence-electron chi connectivity index (χ2n) is 5.98. The Bertz CT molecular complexity index is 898. The molecule has 0 saturated heterocycles. The van der Waals surface area contributed by atoms with Gasteiger partial charge < -0.3 is 25.2 Å². The van der Waals surface area contributed by atoms with Crippen LogP contribution in [0, 0.1) is 0 Å². The molecule has 0 heterocycles. The maximum Gasteiger partial charge on any atom is 0.197 e. The van der Waals surface area contributed by atoms with E-state index < -0.39 is 6.29 Å². The minimum Gasteiger partial charge on any atom is -0.508 e. The molecule has 1 unspecified atom stereocenters. The van der Waals surface area contributed by atoms with E-state index in [0.717, 1.165) is 5.56 Å². The molecule has 0 fully saturated rings. The molecule has 0 bridgehead atoms. The van der Waals surface area contributed by atoms with Crippen molar-refractivity contribution < 1.29 is 25.2 Å². The Kier molecular flexibility index (Phi) is 6.11. The van der Waals surface area contributed by atoms with Crippen molar-refractivity contribution in [3.8, 4) is 23.0 Å². The van der Waals surface area contributed by atoms with Crippen LogP contribution in [0.15, 0.2) is 76.5 Å². The van der Waals surface area contributed by atoms with E-state index in [1.807, 2.05) is 30.3 Å². The fourth-order valence-electron chi connectivity index (χ4n) is 2.52. The first-order valence-electron chi connectivity index (χ1n) is 8.43. The van der Waals surface area contributed by atoms with E-state index >= 15 is 0 Å². The third kappa shape index (κ3) is 5.32. The highest BCUT2D eigenvalue weighted by atomic mass is 32.2. The Labute approximate surface area is 161 Å². The largest absolute Gasteiger partial charge is 0.508 e. The lowest BCUT2D eigenvalue weighted by molar-refractivity contribution is -0.0245. The number of phenols is 3. The van der Waals surface area contributed by atoms with Gasteiger partial charge in [-0.3, -0.25) is 0 Å². The molecule has 0 amide bonds. The van der Waals surface area contributed by atoms with E-state index in [1.54, 1.807) is 12.1 Å². The monoisotopic (exact) mass is 384 g/mol. The Morgan fingerprint density at radius 2 is 1.48 bits per heavy atom. The Hall–Kier alpha value is -2.83. The Morgan fingerprint density at radius 1 is 0.815 bits per heavy atom. The van der Waals surface area contributed by atoms with Crippen LogP contribution in [0.5, 0.6) is 23.0 Å². The van der Waals surface area contributed by atoms with Gasteiger partial charge >= 0.3 is 0 Å². The topological polar surface area (TPSA) is 90.2 Å². The number of aliphatic hydroxyl groups excluding tert-OH is 1. The maximum atomic E-state index is 10.2. The predicted octanol–water partition coefficient (Wildman–Crippen LogP) is 4.28. The lowest BCUT2D eigenvalue weighted by Gasteiger charge is -2.17. The molecule has 140 valence electrons. The van der Waals surface area contributed by atoms with E-state index in [2.05, 4.69) is 0 Å². The average molecular weight is 384 g/mol. The van der Waals surface area contributed by atoms with Gasteiger partial charge in [-0.05, 0) is 36.2 Å². The van der Waals surface area contributed by atoms with Gasteiger partial charge in [0, 0.05) is 18.6 Å². The number of hydrogen-bond acceptors (Lipinski definition) is 6. The van der Waals surface area contributed by atoms with Gasteiger partial charge in [-0.25, -0.2) is 0 Å². The van der Waals surface area contributed by atoms with Gasteiger partial charge in [0.2, 0.25) is 0 Å². The minimum atomic E-state index is -1.04. The van der Waals surface area contributed by atoms with Crippen LogP contribution in [-0.2, 0) is 6.42 Å². The van der Waals surface area contributed by atoms with E-state index in [1.165, 1.54) is 36.0 Å². The molecule has 0 aliphatic rings. The number of benzene rings is 3. The molecule has 27 heavy (non-hydrogen) atoms. The quantitative estimate of drug-likeness (QED) is 0.455. The second-order valence-corrected chi connectivity index (χ2v) is 7.07. The molecule has 0 aliphatic carbocycles. The van der Waals surface area contributed by atoms with Gasteiger partial charge in [0.05, 0.1) is 9.79 Å². The van der Waals surface area contributed by atoms with Gasteiger partial charge in [-0.1, -0.05) is 42.1 Å². The summed E-state index contributed by atoms with van der Waals surface area (Å²) in [4.78, 5) is 1.13. The molecule has 3 aromatic carbocycles. The molecular formula is C21H20O5S. The van der Waals surface area contributed by atoms with Crippen LogP contribution in [0.25, 0.3) is 0 Å². The Balaban J connectivity index is 1.71. The van der Waals surface area contributed by atoms with Gasteiger partial charge in [0.25, 0.3) is 0 Å². The molecular weight excluding hydrogens is 364 g/mol. The zero-order chi connectivity index (χ0) is 19.2. The first-order valence-corrected chi connectivity index (χ1v) is 9.24. The standard InChI is InChI=1S/C21H20O5S/c22-15-7-9-19(17(24)12-15)27-20-10-8-16(23)13-18(20)26-21(25)11-6-14-4-2-1-3-5-14/h1-5,7-10,12-13,21-25H,6,11H2. The van der Waals surface area contributed by atoms with Crippen molar-refractivity contribution in [3.05, 3.63) is 72.3 Å². The zero-order valence-corrected chi connectivity index (χ0v) is 15.3. The number of aliphatic hydroxyl groups is 1. The van der Waals surface area contributed by atoms with Crippen LogP contribution >= 0.6 is 11.8 Å². The summed E-state index contributed by atoms with van der Waals surface area (Å²) in [7, 11) is 0. The zero-order valence-electron chi connectivity index (χ0n) is 14.4. The van der Waals surface area contributed by atoms with Gasteiger partial charge in [0.15, 0.2) is 6.29 Å². The van der Waals surface area contributed by atoms with Gasteiger partial charge in [-0.15, -0.1) is 0 Å². The van der Waals surface area contributed by atoms with E-state index in [9.17, 15) is 20.4 Å². The molecule has 5 nitrogen and oxygen atoms in total. The number of rotatable bonds is 7. The van der Waals surface area contributed by atoms with Gasteiger partial charge in [-0.2, -0.15) is 0 Å². The summed E-state index contributed by atoms with van der Waals surface area (Å²) < 4.78 is 5.63. The average Bonchev–Trinajstić information content (AvgIpc) is 2.65. The summed E-state index contributed by atoms with van der Waals surface area (Å²) in [5, 5.41) is 39.4. The summed E-state index contributed by atoms with van der Waals surface area (Å²) in [6.07, 6.45) is 0.00999. The highest BCUT2D eigenvalue weighted by Crippen LogP contribution is 2.41. The van der Waals surface area contributed by atoms with Crippen molar-refractivity contribution in [2.24, 2.45) is 0 Å². The SMILES string of the molecule is Oc1ccc(Sc2ccc(O)cc2OC(O)CCc2ccccc2)c(O)c1. The summed E-state index contributed by atoms with van der Waals surface area (Å²) in [5.41, 5.74) is 1.10. The van der Waals surface area contributed by atoms with Crippen LogP contribution < -0.4 is 4.74 Å². The van der Waals surface area contributed by atoms with Crippen LogP contribution in [0.3, 0.4) is 0 Å². The summed E-state index contributed by atoms with van der Waals surface area (Å²) in [6, 6.07) is 18.7. The molecule has 4 N–H and O–H groups in total. The van der Waals surface area contributed by atoms with Crippen molar-refractivity contribution in [1.82, 2.24) is 0 Å². The molecule has 0 aliphatic heterocycles. The van der Waals surface area contributed by atoms with Crippen LogP contribution in [0.1, 0.15) is 12.0 Å². The number of hydrogen-bond donors (Lipinski definition) is 4. The molecule has 0 aromatic heterocycles. The van der Waals surface area contributed by atoms with Crippen molar-refractivity contribution >= 4 is 11.8 Å². The number of aromatic hydroxyl groups is 3. The second kappa shape index (κ2) is 8.70. The first-order chi connectivity index (χ1) is 13.0. The summed E-state index contributed by atoms with van der Waals surface area (Å²) >= 11 is 1.21. The normalized spacial score (nSPS) is 11.9. The fraction of sp³-hybridized carbons (Fsp3) is 0.143. The Morgan fingerprint density at radius 3 is 2.19 bits per heavy atom. The molecule has 6 heteroatoms. The minimum absolute atomic E-state index is 0.0135. The third-order valence-corrected chi connectivity index (χ3v) is 5.00. The molecule has 0 spiro atoms. The van der Waals surface area contributed by atoms with E-state index in [0.29, 0.717) is 28.4 Å². The number of ether oxygens (including phenoxy) is 1. The van der Waals surface area contributed by atoms with Crippen molar-refractivity contribution in [3.63, 3.8) is 0 Å². The highest BCUT2D eigenvalue weighted by molar-refractivity contribution is 7.99. The maximum absolute atomic E-state index is 10.2. The molecule has 1 atom stereocenters. The highest BCUT2D eigenvalue weighted by Gasteiger charge is 2.14. The molecule has 3 aromatic rings. The van der Waals surface area contributed by atoms with Crippen LogP contribution in [0.4, 0.5) is 0 Å². The lowest BCUT2D eigenvalue weighted by atomic mass is 10.1. The lowest BCUT2D eigenvalue weighted by Crippen LogP contribution is -2.16. The van der Waals surface area contributed by atoms with Crippen molar-refractivity contribution in [2.45, 2.75) is 28.9 Å². The van der Waals surface area contributed by atoms with Crippen molar-refractivity contribution in [1.29, 1.82) is 0 Å². The smallest absolute Gasteiger partial charge is 0.197 e. The molecule has 3 rings (SSSR count). The first kappa shape index (κ1) is 18.9. The third-order valence-electron chi connectivity index (χ3n) is 3.88. The fourth-order valence-corrected chi connectivity index (χ4v) is 3.40. The van der Waals surface area contributed by atoms with E-state index in [-0.39, 0.29) is 17.2 Å². The van der Waals surface area contributed by atoms with Gasteiger partial charge in [0.1, 0.15) is 23.0 Å². The summed E-state index contributed by atoms with van der Waals surface area (Å²) in [6.45, 7) is 0. The predicted molar refractivity (Wildman–Crippen MR) is 103 cm³/mol. The molecule has 0 radical (unpaired) electrons. The number of phenolic OH excluding ortho intramolecular Hbond substituents is 3. The van der Waals surface area contributed by atoms with Crippen molar-refractivity contribution in [2.75, 3.05) is 0 Å².